The van der Waals surface area contributed by atoms with Gasteiger partial charge in [0.2, 0.25) is 12.5 Å². The minimum atomic E-state index is -0.184. The van der Waals surface area contributed by atoms with Crippen LogP contribution >= 0.6 is 0 Å². The number of fused-ring (bicyclic) bond motifs is 2. The fourth-order valence-electron chi connectivity index (χ4n) is 5.22. The topological polar surface area (TPSA) is 479 Å². The first-order valence-corrected chi connectivity index (χ1v) is 18.2. The van der Waals surface area contributed by atoms with Gasteiger partial charge in [0.25, 0.3) is 0 Å². The molecule has 2 aliphatic rings. The monoisotopic (exact) mass is 1270 g/mol. The van der Waals surface area contributed by atoms with Crippen LogP contribution in [0.3, 0.4) is 0 Å². The normalized spacial score (nSPS) is 14.0. The van der Waals surface area contributed by atoms with E-state index in [1.807, 2.05) is 18.2 Å². The van der Waals surface area contributed by atoms with Crippen LogP contribution in [0.15, 0.2) is 24.3 Å². The Morgan fingerprint density at radius 2 is 0.961 bits per heavy atom. The third-order valence-electron chi connectivity index (χ3n) is 7.81. The van der Waals surface area contributed by atoms with E-state index in [2.05, 4.69) is 226 Å². The molecule has 0 aromatic heterocycles. The molecule has 0 saturated heterocycles. The number of ketones is 1. The summed E-state index contributed by atoms with van der Waals surface area (Å²) in [4.78, 5) is 16.6. The number of aryl methyl sites for hydroxylation is 1. The van der Waals surface area contributed by atoms with Crippen molar-refractivity contribution in [2.75, 3.05) is 48.8 Å². The summed E-state index contributed by atoms with van der Waals surface area (Å²) in [5, 5.41) is 146. The van der Waals surface area contributed by atoms with Gasteiger partial charge in [-0.2, -0.15) is 0 Å². The van der Waals surface area contributed by atoms with E-state index in [1.165, 1.54) is 5.56 Å². The standard InChI is InChI=1S/C25H32NO6.BHO43.HI/c1-26(2)11-10-17-13-22-24(32-15-31-22)25(30-5)23(17)19(26)14-18(27)8-6-16-7-9-20(28-3)21(12-16)29-4;2-1-4-6-8-10-12-14-16-18-20-22-24-26-28-30-32-34-36-38-40-42-44-43-41-39-37-35-33-31-29-27-25-23-21-19-17-15-13-11-9-7-5-3;/h7,9,12-13,19H,6,8,10-11,14-15H2,1-5H3;3H;1H/q+1;;/p-1. The molecule has 2 aromatic carbocycles. The molecular formula is C25H33BINO49. The van der Waals surface area contributed by atoms with Gasteiger partial charge in [-0.25, -0.2) is 5.26 Å². The minimum absolute atomic E-state index is 0. The Kier molecular flexibility index (Phi) is 40.9. The van der Waals surface area contributed by atoms with Gasteiger partial charge >= 0.3 is 72.3 Å². The van der Waals surface area contributed by atoms with Crippen molar-refractivity contribution in [3.8, 4) is 28.7 Å². The number of halogens is 1. The molecule has 52 heteroatoms. The molecule has 2 heterocycles. The van der Waals surface area contributed by atoms with Gasteiger partial charge in [0, 0.05) is 119 Å². The Labute approximate surface area is 436 Å². The predicted octanol–water partition coefficient (Wildman–Crippen LogP) is -2.58. The number of rotatable bonds is 49. The zero-order chi connectivity index (χ0) is 54.6. The number of methoxy groups -OCH3 is 3. The summed E-state index contributed by atoms with van der Waals surface area (Å²) in [5.74, 6) is 3.67. The number of quaternary nitrogens is 1. The number of hydrogen-bond donors (Lipinski definition) is 1. The summed E-state index contributed by atoms with van der Waals surface area (Å²) in [6.45, 7) is 1.14. The molecule has 0 fully saturated rings. The van der Waals surface area contributed by atoms with Crippen LogP contribution in [0.25, 0.3) is 0 Å². The van der Waals surface area contributed by atoms with Crippen LogP contribution in [-0.4, -0.2) is 71.6 Å². The fourth-order valence-corrected chi connectivity index (χ4v) is 5.22. The van der Waals surface area contributed by atoms with Crippen LogP contribution in [0.5, 0.6) is 28.7 Å². The average molecular weight is 1270 g/mol. The van der Waals surface area contributed by atoms with Crippen molar-refractivity contribution in [2.24, 2.45) is 0 Å². The Morgan fingerprint density at radius 1 is 0.558 bits per heavy atom. The number of Topliss-reactive ketones (excluding diaryl/α,β-unsaturated/α-hetero) is 1. The molecule has 442 valence electrons. The molecule has 1 atom stereocenters. The second kappa shape index (κ2) is 45.7. The maximum atomic E-state index is 13.1. The Hall–Kier alpha value is -4.18. The SMILES string of the molecule is COc1ccc(CCC(=O)CC2c3c(cc4c(c3OC)OCO4)CC[N+]2(C)C)cc1OC.O=BOOOOOOOOOOOOOOOOOOOOOOOOOOOOOOOOOOOOOOOOOO.[I-]. The van der Waals surface area contributed by atoms with Gasteiger partial charge in [0.1, 0.15) is 11.8 Å². The molecule has 0 bridgehead atoms. The zero-order valence-corrected chi connectivity index (χ0v) is 40.2. The van der Waals surface area contributed by atoms with E-state index in [9.17, 15) is 9.50 Å². The van der Waals surface area contributed by atoms with Crippen molar-refractivity contribution >= 4 is 13.1 Å². The molecule has 50 nitrogen and oxygen atoms in total. The predicted molar refractivity (Wildman–Crippen MR) is 174 cm³/mol. The first kappa shape index (κ1) is 68.9. The first-order chi connectivity index (χ1) is 37.3. The van der Waals surface area contributed by atoms with Gasteiger partial charge in [0.05, 0.1) is 54.0 Å². The van der Waals surface area contributed by atoms with Crippen LogP contribution in [0, 0.1) is 0 Å². The van der Waals surface area contributed by atoms with Crippen LogP contribution in [0.2, 0.25) is 0 Å². The van der Waals surface area contributed by atoms with Gasteiger partial charge in [-0.1, -0.05) is 6.07 Å². The second-order valence-corrected chi connectivity index (χ2v) is 11.8. The number of ether oxygens (including phenoxy) is 5. The van der Waals surface area contributed by atoms with Crippen LogP contribution in [0.1, 0.15) is 35.6 Å². The first-order valence-electron chi connectivity index (χ1n) is 18.2. The van der Waals surface area contributed by atoms with E-state index in [0.717, 1.165) is 34.3 Å². The number of carbonyl (C=O) groups is 1. The van der Waals surface area contributed by atoms with Gasteiger partial charge in [0.15, 0.2) is 23.0 Å². The quantitative estimate of drug-likeness (QED) is 0.0177. The van der Waals surface area contributed by atoms with E-state index in [1.54, 1.807) is 21.3 Å². The Bertz CT molecular complexity index is 1790. The number of carbonyl (C=O) groups excluding carboxylic acids is 1. The molecule has 0 saturated carbocycles. The van der Waals surface area contributed by atoms with Gasteiger partial charge in [-0.05, 0) is 76.1 Å². The zero-order valence-electron chi connectivity index (χ0n) is 38.1. The van der Waals surface area contributed by atoms with Crippen molar-refractivity contribution in [3.63, 3.8) is 0 Å². The minimum Gasteiger partial charge on any atom is -1.00 e. The molecule has 2 aliphatic heterocycles. The molecular weight excluding hydrogens is 1240 g/mol. The van der Waals surface area contributed by atoms with Crippen LogP contribution in [0.4, 0.5) is 0 Å². The van der Waals surface area contributed by atoms with Gasteiger partial charge in [-0.3, -0.25) is 4.79 Å². The number of nitrogens with zero attached hydrogens (tertiary/aromatic N) is 1. The van der Waals surface area contributed by atoms with Crippen LogP contribution in [-0.2, 0) is 229 Å². The molecule has 0 spiro atoms. The van der Waals surface area contributed by atoms with Gasteiger partial charge in [-0.15, -0.1) is 0 Å². The summed E-state index contributed by atoms with van der Waals surface area (Å²) in [5.41, 5.74) is 3.31. The second-order valence-electron chi connectivity index (χ2n) is 11.8. The van der Waals surface area contributed by atoms with E-state index < -0.39 is 0 Å². The van der Waals surface area contributed by atoms with Crippen molar-refractivity contribution in [3.05, 3.63) is 41.0 Å². The summed E-state index contributed by atoms with van der Waals surface area (Å²) in [6.07, 6.45) is 2.48. The molecule has 4 rings (SSSR count). The van der Waals surface area contributed by atoms with Crippen molar-refractivity contribution in [1.82, 2.24) is 0 Å². The molecule has 1 N–H and O–H groups in total. The molecule has 0 radical (unpaired) electrons. The number of likely N-dealkylation sites (N-methyl/N-ethyl adjacent to an activating group) is 1. The summed E-state index contributed by atoms with van der Waals surface area (Å²) < 4.78 is 38.0. The molecule has 0 amide bonds. The third kappa shape index (κ3) is 30.7. The van der Waals surface area contributed by atoms with E-state index in [4.69, 9.17) is 28.9 Å². The Balaban J connectivity index is 0.000000541. The van der Waals surface area contributed by atoms with Gasteiger partial charge < -0.3 is 52.1 Å². The van der Waals surface area contributed by atoms with Crippen molar-refractivity contribution < 1.29 is 273 Å². The molecule has 2 aromatic rings. The molecule has 77 heavy (non-hydrogen) atoms. The third-order valence-corrected chi connectivity index (χ3v) is 7.81. The van der Waals surface area contributed by atoms with Crippen molar-refractivity contribution in [2.45, 2.75) is 31.7 Å². The number of benzene rings is 2. The van der Waals surface area contributed by atoms with E-state index in [-0.39, 0.29) is 49.9 Å². The van der Waals surface area contributed by atoms with Crippen molar-refractivity contribution in [1.29, 1.82) is 0 Å². The maximum absolute atomic E-state index is 13.1. The number of hydrogen-bond acceptors (Lipinski definition) is 49. The Morgan fingerprint density at radius 3 is 1.34 bits per heavy atom. The van der Waals surface area contributed by atoms with E-state index in [0.29, 0.717) is 42.3 Å². The van der Waals surface area contributed by atoms with E-state index >= 15 is 0 Å². The smallest absolute Gasteiger partial charge is 1.00 e. The summed E-state index contributed by atoms with van der Waals surface area (Å²) >= 11 is 0. The summed E-state index contributed by atoms with van der Waals surface area (Å²) in [7, 11) is 9.06. The average Bonchev–Trinajstić information content (AvgIpc) is 3.91. The summed E-state index contributed by atoms with van der Waals surface area (Å²) in [6, 6.07) is 7.85. The fraction of sp³-hybridized carbons (Fsp3) is 0.480. The van der Waals surface area contributed by atoms with Crippen LogP contribution < -0.4 is 47.7 Å². The molecule has 0 aliphatic carbocycles. The molecule has 1 unspecified atom stereocenters.